The maximum absolute atomic E-state index is 11.9. The largest absolute Gasteiger partial charge is 0.355 e. The molecule has 20 heavy (non-hydrogen) atoms. The molecule has 1 N–H and O–H groups in total. The van der Waals surface area contributed by atoms with Gasteiger partial charge in [-0.3, -0.25) is 9.69 Å². The number of carbonyl (C=O) groups excluding carboxylic acids is 1. The van der Waals surface area contributed by atoms with E-state index >= 15 is 0 Å². The Hall–Kier alpha value is -1.35. The monoisotopic (exact) mass is 274 g/mol. The average molecular weight is 274 g/mol. The van der Waals surface area contributed by atoms with Gasteiger partial charge < -0.3 is 5.32 Å². The van der Waals surface area contributed by atoms with Gasteiger partial charge in [-0.05, 0) is 44.7 Å². The lowest BCUT2D eigenvalue weighted by Crippen LogP contribution is -2.44. The van der Waals surface area contributed by atoms with Gasteiger partial charge in [0.05, 0.1) is 6.54 Å². The maximum Gasteiger partial charge on any atom is 0.234 e. The molecule has 0 aromatic heterocycles. The zero-order chi connectivity index (χ0) is 14.2. The Balaban J connectivity index is 1.60. The van der Waals surface area contributed by atoms with Crippen LogP contribution in [0.2, 0.25) is 0 Å². The number of hydrogen-bond acceptors (Lipinski definition) is 2. The predicted octanol–water partition coefficient (Wildman–Crippen LogP) is 2.61. The zero-order valence-electron chi connectivity index (χ0n) is 12.5. The SMILES string of the molecule is C[C@H]1CCCCN1CC(=O)NCCCc1ccccc1. The van der Waals surface area contributed by atoms with Gasteiger partial charge >= 0.3 is 0 Å². The number of amides is 1. The highest BCUT2D eigenvalue weighted by molar-refractivity contribution is 5.78. The van der Waals surface area contributed by atoms with Gasteiger partial charge in [0.15, 0.2) is 0 Å². The summed E-state index contributed by atoms with van der Waals surface area (Å²) in [5.74, 6) is 0.173. The molecule has 110 valence electrons. The number of carbonyl (C=O) groups is 1. The zero-order valence-corrected chi connectivity index (χ0v) is 12.5. The highest BCUT2D eigenvalue weighted by Gasteiger charge is 2.19. The van der Waals surface area contributed by atoms with Crippen LogP contribution in [0, 0.1) is 0 Å². The van der Waals surface area contributed by atoms with Crippen molar-refractivity contribution < 1.29 is 4.79 Å². The third kappa shape index (κ3) is 4.97. The molecule has 0 unspecified atom stereocenters. The smallest absolute Gasteiger partial charge is 0.234 e. The average Bonchev–Trinajstić information content (AvgIpc) is 2.47. The molecule has 3 heteroatoms. The third-order valence-electron chi connectivity index (χ3n) is 4.09. The van der Waals surface area contributed by atoms with Crippen molar-refractivity contribution in [1.29, 1.82) is 0 Å². The molecule has 1 amide bonds. The lowest BCUT2D eigenvalue weighted by atomic mass is 10.0. The molecule has 1 aromatic rings. The van der Waals surface area contributed by atoms with E-state index < -0.39 is 0 Å². The van der Waals surface area contributed by atoms with Gasteiger partial charge in [0.25, 0.3) is 0 Å². The van der Waals surface area contributed by atoms with Gasteiger partial charge in [-0.2, -0.15) is 0 Å². The standard InChI is InChI=1S/C17H26N2O/c1-15-8-5-6-13-19(15)14-17(20)18-12-7-11-16-9-3-2-4-10-16/h2-4,9-10,15H,5-8,11-14H2,1H3,(H,18,20)/t15-/m0/s1. The molecular formula is C17H26N2O. The van der Waals surface area contributed by atoms with Crippen LogP contribution in [0.4, 0.5) is 0 Å². The molecule has 1 aromatic carbocycles. The number of piperidine rings is 1. The van der Waals surface area contributed by atoms with Crippen LogP contribution >= 0.6 is 0 Å². The minimum atomic E-state index is 0.173. The summed E-state index contributed by atoms with van der Waals surface area (Å²) >= 11 is 0. The Morgan fingerprint density at radius 2 is 2.10 bits per heavy atom. The fraction of sp³-hybridized carbons (Fsp3) is 0.588. The van der Waals surface area contributed by atoms with Crippen molar-refractivity contribution in [2.24, 2.45) is 0 Å². The van der Waals surface area contributed by atoms with E-state index in [-0.39, 0.29) is 5.91 Å². The summed E-state index contributed by atoms with van der Waals surface area (Å²) in [7, 11) is 0. The summed E-state index contributed by atoms with van der Waals surface area (Å²) in [6, 6.07) is 11.0. The minimum absolute atomic E-state index is 0.173. The fourth-order valence-electron chi connectivity index (χ4n) is 2.80. The van der Waals surface area contributed by atoms with Crippen LogP contribution in [0.3, 0.4) is 0 Å². The van der Waals surface area contributed by atoms with E-state index in [1.54, 1.807) is 0 Å². The quantitative estimate of drug-likeness (QED) is 0.809. The number of hydrogen-bond donors (Lipinski definition) is 1. The lowest BCUT2D eigenvalue weighted by Gasteiger charge is -2.32. The summed E-state index contributed by atoms with van der Waals surface area (Å²) < 4.78 is 0. The minimum Gasteiger partial charge on any atom is -0.355 e. The van der Waals surface area contributed by atoms with Crippen LogP contribution in [0.1, 0.15) is 38.2 Å². The first kappa shape index (κ1) is 15.0. The molecule has 1 atom stereocenters. The number of nitrogens with one attached hydrogen (secondary N) is 1. The number of aryl methyl sites for hydroxylation is 1. The van der Waals surface area contributed by atoms with Crippen molar-refractivity contribution >= 4 is 5.91 Å². The lowest BCUT2D eigenvalue weighted by molar-refractivity contribution is -0.123. The molecule has 1 heterocycles. The van der Waals surface area contributed by atoms with Gasteiger partial charge in [0.2, 0.25) is 5.91 Å². The van der Waals surface area contributed by atoms with Gasteiger partial charge in [-0.15, -0.1) is 0 Å². The molecule has 2 rings (SSSR count). The van der Waals surface area contributed by atoms with Crippen LogP contribution in [0.15, 0.2) is 30.3 Å². The Morgan fingerprint density at radius 3 is 2.85 bits per heavy atom. The highest BCUT2D eigenvalue weighted by Crippen LogP contribution is 2.15. The van der Waals surface area contributed by atoms with Crippen molar-refractivity contribution in [1.82, 2.24) is 10.2 Å². The van der Waals surface area contributed by atoms with Crippen molar-refractivity contribution in [3.05, 3.63) is 35.9 Å². The number of benzene rings is 1. The third-order valence-corrected chi connectivity index (χ3v) is 4.09. The number of rotatable bonds is 6. The van der Waals surface area contributed by atoms with Gasteiger partial charge in [-0.1, -0.05) is 36.8 Å². The molecule has 0 saturated carbocycles. The Kier molecular flexibility index (Phi) is 6.06. The van der Waals surface area contributed by atoms with Gasteiger partial charge in [0, 0.05) is 12.6 Å². The summed E-state index contributed by atoms with van der Waals surface area (Å²) in [5.41, 5.74) is 1.34. The highest BCUT2D eigenvalue weighted by atomic mass is 16.2. The molecule has 0 aliphatic carbocycles. The Morgan fingerprint density at radius 1 is 1.30 bits per heavy atom. The maximum atomic E-state index is 11.9. The van der Waals surface area contributed by atoms with Gasteiger partial charge in [-0.25, -0.2) is 0 Å². The van der Waals surface area contributed by atoms with E-state index in [0.29, 0.717) is 12.6 Å². The summed E-state index contributed by atoms with van der Waals surface area (Å²) in [5, 5.41) is 3.04. The van der Waals surface area contributed by atoms with E-state index in [1.165, 1.54) is 24.8 Å². The molecular weight excluding hydrogens is 248 g/mol. The van der Waals surface area contributed by atoms with Crippen molar-refractivity contribution in [3.63, 3.8) is 0 Å². The normalized spacial score (nSPS) is 19.8. The number of nitrogens with zero attached hydrogens (tertiary/aromatic N) is 1. The summed E-state index contributed by atoms with van der Waals surface area (Å²) in [4.78, 5) is 14.2. The first-order chi connectivity index (χ1) is 9.75. The van der Waals surface area contributed by atoms with E-state index in [4.69, 9.17) is 0 Å². The van der Waals surface area contributed by atoms with E-state index in [1.807, 2.05) is 6.07 Å². The Bertz CT molecular complexity index is 405. The second kappa shape index (κ2) is 8.05. The molecule has 1 aliphatic rings. The van der Waals surface area contributed by atoms with Crippen molar-refractivity contribution in [2.75, 3.05) is 19.6 Å². The first-order valence-corrected chi connectivity index (χ1v) is 7.80. The van der Waals surface area contributed by atoms with E-state index in [2.05, 4.69) is 41.4 Å². The van der Waals surface area contributed by atoms with Crippen LogP contribution in [0.25, 0.3) is 0 Å². The molecule has 1 fully saturated rings. The van der Waals surface area contributed by atoms with Crippen LogP contribution in [-0.2, 0) is 11.2 Å². The Labute approximate surface area is 122 Å². The first-order valence-electron chi connectivity index (χ1n) is 7.80. The van der Waals surface area contributed by atoms with Crippen LogP contribution < -0.4 is 5.32 Å². The van der Waals surface area contributed by atoms with E-state index in [9.17, 15) is 4.79 Å². The summed E-state index contributed by atoms with van der Waals surface area (Å²) in [6.07, 6.45) is 5.79. The molecule has 3 nitrogen and oxygen atoms in total. The molecule has 1 aliphatic heterocycles. The van der Waals surface area contributed by atoms with Crippen molar-refractivity contribution in [2.45, 2.75) is 45.1 Å². The topological polar surface area (TPSA) is 32.3 Å². The second-order valence-corrected chi connectivity index (χ2v) is 5.75. The number of likely N-dealkylation sites (tertiary alicyclic amines) is 1. The second-order valence-electron chi connectivity index (χ2n) is 5.75. The van der Waals surface area contributed by atoms with E-state index in [0.717, 1.165) is 25.9 Å². The summed E-state index contributed by atoms with van der Waals surface area (Å²) in [6.45, 7) is 4.63. The van der Waals surface area contributed by atoms with Gasteiger partial charge in [0.1, 0.15) is 0 Å². The molecule has 1 saturated heterocycles. The molecule has 0 radical (unpaired) electrons. The van der Waals surface area contributed by atoms with Crippen molar-refractivity contribution in [3.8, 4) is 0 Å². The predicted molar refractivity (Wildman–Crippen MR) is 82.7 cm³/mol. The van der Waals surface area contributed by atoms with Crippen LogP contribution in [-0.4, -0.2) is 36.5 Å². The molecule has 0 bridgehead atoms. The van der Waals surface area contributed by atoms with Crippen LogP contribution in [0.5, 0.6) is 0 Å². The molecule has 0 spiro atoms. The fourth-order valence-corrected chi connectivity index (χ4v) is 2.80.